The molecule has 118 valence electrons. The van der Waals surface area contributed by atoms with E-state index in [0.717, 1.165) is 10.9 Å². The van der Waals surface area contributed by atoms with E-state index in [1.54, 1.807) is 36.4 Å². The highest BCUT2D eigenvalue weighted by atomic mass is 16.5. The number of hydrogen-bond acceptors (Lipinski definition) is 4. The van der Waals surface area contributed by atoms with Gasteiger partial charge in [0.1, 0.15) is 11.5 Å². The molecule has 0 unspecified atom stereocenters. The maximum atomic E-state index is 13.1. The Labute approximate surface area is 138 Å². The molecule has 4 nitrogen and oxygen atoms in total. The van der Waals surface area contributed by atoms with E-state index < -0.39 is 0 Å². The van der Waals surface area contributed by atoms with Crippen LogP contribution in [0, 0.1) is 6.92 Å². The van der Waals surface area contributed by atoms with E-state index in [-0.39, 0.29) is 28.4 Å². The van der Waals surface area contributed by atoms with Crippen LogP contribution in [0.4, 0.5) is 0 Å². The number of phenolic OH excluding ortho intramolecular Hbond substituents is 1. The first-order chi connectivity index (χ1) is 11.5. The van der Waals surface area contributed by atoms with Crippen molar-refractivity contribution in [1.29, 1.82) is 0 Å². The molecule has 0 saturated heterocycles. The molecule has 0 fully saturated rings. The van der Waals surface area contributed by atoms with Crippen molar-refractivity contribution in [2.45, 2.75) is 6.92 Å². The molecule has 0 bridgehead atoms. The summed E-state index contributed by atoms with van der Waals surface area (Å²) in [5, 5.41) is 11.5. The maximum absolute atomic E-state index is 13.1. The second-order valence-electron chi connectivity index (χ2n) is 5.91. The fourth-order valence-corrected chi connectivity index (χ4v) is 3.41. The largest absolute Gasteiger partial charge is 0.507 e. The lowest BCUT2D eigenvalue weighted by Gasteiger charge is -2.21. The number of carbonyl (C=O) groups is 2. The predicted molar refractivity (Wildman–Crippen MR) is 90.2 cm³/mol. The van der Waals surface area contributed by atoms with Gasteiger partial charge in [0.2, 0.25) is 0 Å². The van der Waals surface area contributed by atoms with Gasteiger partial charge in [-0.25, -0.2) is 0 Å². The van der Waals surface area contributed by atoms with Crippen LogP contribution in [0.5, 0.6) is 11.5 Å². The Morgan fingerprint density at radius 3 is 2.38 bits per heavy atom. The maximum Gasteiger partial charge on any atom is 0.198 e. The average Bonchev–Trinajstić information content (AvgIpc) is 2.57. The van der Waals surface area contributed by atoms with Gasteiger partial charge in [-0.2, -0.15) is 0 Å². The van der Waals surface area contributed by atoms with E-state index in [1.165, 1.54) is 7.11 Å². The van der Waals surface area contributed by atoms with Crippen molar-refractivity contribution < 1.29 is 19.4 Å². The molecule has 0 spiro atoms. The summed E-state index contributed by atoms with van der Waals surface area (Å²) in [7, 11) is 1.47. The van der Waals surface area contributed by atoms with Crippen molar-refractivity contribution >= 4 is 22.3 Å². The highest BCUT2D eigenvalue weighted by Gasteiger charge is 2.34. The minimum atomic E-state index is -0.275. The zero-order valence-corrected chi connectivity index (χ0v) is 13.2. The molecule has 1 aliphatic rings. The van der Waals surface area contributed by atoms with Crippen LogP contribution in [0.3, 0.4) is 0 Å². The molecule has 1 N–H and O–H groups in total. The molecular formula is C20H14O4. The Morgan fingerprint density at radius 1 is 0.917 bits per heavy atom. The minimum Gasteiger partial charge on any atom is -0.507 e. The standard InChI is InChI=1S/C20H14O4/c1-10-8-11-6-7-13-18(16(11)14(21)9-10)20(23)12-4-3-5-15(24-2)17(12)19(13)22/h3-9,21H,1-2H3. The smallest absolute Gasteiger partial charge is 0.198 e. The second kappa shape index (κ2) is 4.93. The number of methoxy groups -OCH3 is 1. The number of rotatable bonds is 1. The second-order valence-corrected chi connectivity index (χ2v) is 5.91. The van der Waals surface area contributed by atoms with Gasteiger partial charge in [0.15, 0.2) is 11.6 Å². The topological polar surface area (TPSA) is 63.6 Å². The van der Waals surface area contributed by atoms with Crippen LogP contribution < -0.4 is 4.74 Å². The van der Waals surface area contributed by atoms with Crippen molar-refractivity contribution in [2.24, 2.45) is 0 Å². The normalized spacial score (nSPS) is 12.9. The first kappa shape index (κ1) is 14.5. The van der Waals surface area contributed by atoms with E-state index in [0.29, 0.717) is 22.3 Å². The number of ether oxygens (including phenoxy) is 1. The van der Waals surface area contributed by atoms with Crippen LogP contribution in [-0.4, -0.2) is 23.8 Å². The summed E-state index contributed by atoms with van der Waals surface area (Å²) in [6.07, 6.45) is 0. The molecule has 0 aromatic heterocycles. The van der Waals surface area contributed by atoms with Gasteiger partial charge in [-0.3, -0.25) is 9.59 Å². The van der Waals surface area contributed by atoms with Crippen LogP contribution >= 0.6 is 0 Å². The summed E-state index contributed by atoms with van der Waals surface area (Å²) in [5.41, 5.74) is 2.03. The molecule has 1 aliphatic carbocycles. The van der Waals surface area contributed by atoms with Gasteiger partial charge >= 0.3 is 0 Å². The van der Waals surface area contributed by atoms with E-state index in [2.05, 4.69) is 0 Å². The number of aromatic hydroxyl groups is 1. The summed E-state index contributed by atoms with van der Waals surface area (Å²) in [6.45, 7) is 1.87. The first-order valence-electron chi connectivity index (χ1n) is 7.55. The predicted octanol–water partition coefficient (Wildman–Crippen LogP) is 3.64. The van der Waals surface area contributed by atoms with E-state index in [9.17, 15) is 14.7 Å². The van der Waals surface area contributed by atoms with Crippen molar-refractivity contribution in [3.8, 4) is 11.5 Å². The van der Waals surface area contributed by atoms with E-state index in [4.69, 9.17) is 4.74 Å². The van der Waals surface area contributed by atoms with Gasteiger partial charge < -0.3 is 9.84 Å². The van der Waals surface area contributed by atoms with Crippen molar-refractivity contribution in [3.63, 3.8) is 0 Å². The Hall–Kier alpha value is -3.14. The monoisotopic (exact) mass is 318 g/mol. The van der Waals surface area contributed by atoms with Crippen molar-refractivity contribution in [3.05, 3.63) is 70.3 Å². The van der Waals surface area contributed by atoms with Gasteiger partial charge in [0, 0.05) is 22.1 Å². The number of fused-ring (bicyclic) bond motifs is 4. The third-order valence-electron chi connectivity index (χ3n) is 4.43. The van der Waals surface area contributed by atoms with Crippen molar-refractivity contribution in [1.82, 2.24) is 0 Å². The van der Waals surface area contributed by atoms with Crippen LogP contribution in [0.2, 0.25) is 0 Å². The molecule has 3 aromatic carbocycles. The molecule has 3 aromatic rings. The summed E-state index contributed by atoms with van der Waals surface area (Å²) < 4.78 is 5.25. The molecule has 0 heterocycles. The Kier molecular flexibility index (Phi) is 2.97. The van der Waals surface area contributed by atoms with Gasteiger partial charge in [-0.15, -0.1) is 0 Å². The molecule has 0 amide bonds. The summed E-state index contributed by atoms with van der Waals surface area (Å²) in [5.74, 6) is -0.152. The van der Waals surface area contributed by atoms with Gasteiger partial charge in [0.05, 0.1) is 12.7 Å². The lowest BCUT2D eigenvalue weighted by Crippen LogP contribution is -2.22. The number of benzene rings is 3. The summed E-state index contributed by atoms with van der Waals surface area (Å²) >= 11 is 0. The number of ketones is 2. The molecule has 0 atom stereocenters. The zero-order valence-electron chi connectivity index (χ0n) is 13.2. The van der Waals surface area contributed by atoms with Crippen LogP contribution in [0.25, 0.3) is 10.8 Å². The number of aryl methyl sites for hydroxylation is 1. The summed E-state index contributed by atoms with van der Waals surface area (Å²) in [4.78, 5) is 26.0. The molecule has 0 aliphatic heterocycles. The van der Waals surface area contributed by atoms with Crippen LogP contribution in [0.15, 0.2) is 42.5 Å². The molecular weight excluding hydrogens is 304 g/mol. The van der Waals surface area contributed by atoms with Gasteiger partial charge in [-0.1, -0.05) is 24.3 Å². The fourth-order valence-electron chi connectivity index (χ4n) is 3.41. The van der Waals surface area contributed by atoms with Crippen LogP contribution in [0.1, 0.15) is 37.4 Å². The molecule has 0 radical (unpaired) electrons. The zero-order chi connectivity index (χ0) is 17.0. The Morgan fingerprint density at radius 2 is 1.62 bits per heavy atom. The quantitative estimate of drug-likeness (QED) is 0.582. The fraction of sp³-hybridized carbons (Fsp3) is 0.100. The Bertz CT molecular complexity index is 1050. The average molecular weight is 318 g/mol. The highest BCUT2D eigenvalue weighted by molar-refractivity contribution is 6.33. The van der Waals surface area contributed by atoms with Gasteiger partial charge in [-0.05, 0) is 36.1 Å². The van der Waals surface area contributed by atoms with Crippen molar-refractivity contribution in [2.75, 3.05) is 7.11 Å². The lowest BCUT2D eigenvalue weighted by molar-refractivity contribution is 0.0977. The SMILES string of the molecule is COc1cccc2c1C(=O)c1ccc3cc(C)cc(O)c3c1C2=O. The molecule has 24 heavy (non-hydrogen) atoms. The first-order valence-corrected chi connectivity index (χ1v) is 7.55. The lowest BCUT2D eigenvalue weighted by atomic mass is 9.81. The number of phenols is 1. The molecule has 0 saturated carbocycles. The van der Waals surface area contributed by atoms with E-state index >= 15 is 0 Å². The summed E-state index contributed by atoms with van der Waals surface area (Å²) in [6, 6.07) is 11.8. The van der Waals surface area contributed by atoms with Crippen LogP contribution in [-0.2, 0) is 0 Å². The minimum absolute atomic E-state index is 0.00865. The van der Waals surface area contributed by atoms with Gasteiger partial charge in [0.25, 0.3) is 0 Å². The number of hydrogen-bond donors (Lipinski definition) is 1. The highest BCUT2D eigenvalue weighted by Crippen LogP contribution is 2.39. The third kappa shape index (κ3) is 1.80. The Balaban J connectivity index is 2.12. The molecule has 4 heteroatoms. The molecule has 4 rings (SSSR count). The van der Waals surface area contributed by atoms with E-state index in [1.807, 2.05) is 13.0 Å². The third-order valence-corrected chi connectivity index (χ3v) is 4.43. The number of carbonyl (C=O) groups excluding carboxylic acids is 2.